The number of anilines is 1. The average molecular weight is 357 g/mol. The van der Waals surface area contributed by atoms with Gasteiger partial charge in [0.2, 0.25) is 0 Å². The van der Waals surface area contributed by atoms with Crippen LogP contribution in [0.4, 0.5) is 5.69 Å². The van der Waals surface area contributed by atoms with Gasteiger partial charge in [-0.15, -0.1) is 0 Å². The van der Waals surface area contributed by atoms with Crippen LogP contribution in [0, 0.1) is 0 Å². The van der Waals surface area contributed by atoms with Gasteiger partial charge in [-0.2, -0.15) is 0 Å². The molecule has 26 heavy (non-hydrogen) atoms. The van der Waals surface area contributed by atoms with Crippen LogP contribution in [0.25, 0.3) is 0 Å². The molecular weight excluding hydrogens is 334 g/mol. The van der Waals surface area contributed by atoms with E-state index in [1.807, 2.05) is 17.0 Å². The number of pyridine rings is 1. The maximum absolute atomic E-state index is 12.1. The number of methoxy groups -OCH3 is 2. The molecule has 0 radical (unpaired) electrons. The van der Waals surface area contributed by atoms with Crippen molar-refractivity contribution in [1.82, 2.24) is 9.88 Å². The van der Waals surface area contributed by atoms with E-state index in [1.165, 1.54) is 0 Å². The first-order valence-electron chi connectivity index (χ1n) is 8.47. The fourth-order valence-corrected chi connectivity index (χ4v) is 3.33. The Bertz CT molecular complexity index is 746. The Morgan fingerprint density at radius 2 is 1.77 bits per heavy atom. The molecule has 1 atom stereocenters. The number of carboxylic acids is 1. The second kappa shape index (κ2) is 8.05. The summed E-state index contributed by atoms with van der Waals surface area (Å²) in [6, 6.07) is 8.41. The summed E-state index contributed by atoms with van der Waals surface area (Å²) in [4.78, 5) is 20.3. The summed E-state index contributed by atoms with van der Waals surface area (Å²) in [7, 11) is 3.11. The summed E-state index contributed by atoms with van der Waals surface area (Å²) in [5.74, 6) is 0.270. The van der Waals surface area contributed by atoms with Crippen LogP contribution in [0.1, 0.15) is 11.6 Å². The molecule has 1 N–H and O–H groups in total. The second-order valence-electron chi connectivity index (χ2n) is 6.08. The molecule has 1 saturated heterocycles. The summed E-state index contributed by atoms with van der Waals surface area (Å²) in [6.45, 7) is 2.78. The molecule has 2 aromatic rings. The van der Waals surface area contributed by atoms with Crippen molar-refractivity contribution in [2.45, 2.75) is 6.04 Å². The number of carbonyl (C=O) groups is 1. The Labute approximate surface area is 152 Å². The molecule has 0 unspecified atom stereocenters. The number of hydrogen-bond acceptors (Lipinski definition) is 6. The highest BCUT2D eigenvalue weighted by Gasteiger charge is 2.32. The van der Waals surface area contributed by atoms with Crippen LogP contribution in [0.2, 0.25) is 0 Å². The largest absolute Gasteiger partial charge is 0.497 e. The highest BCUT2D eigenvalue weighted by Crippen LogP contribution is 2.34. The fraction of sp³-hybridized carbons (Fsp3) is 0.368. The van der Waals surface area contributed by atoms with Crippen LogP contribution in [0.5, 0.6) is 11.5 Å². The van der Waals surface area contributed by atoms with Gasteiger partial charge in [0.25, 0.3) is 0 Å². The minimum Gasteiger partial charge on any atom is -0.497 e. The summed E-state index contributed by atoms with van der Waals surface area (Å²) in [6.07, 6.45) is 3.53. The molecule has 7 nitrogen and oxygen atoms in total. The van der Waals surface area contributed by atoms with Crippen molar-refractivity contribution in [3.63, 3.8) is 0 Å². The highest BCUT2D eigenvalue weighted by atomic mass is 16.5. The van der Waals surface area contributed by atoms with Gasteiger partial charge in [-0.3, -0.25) is 14.7 Å². The number of hydrogen-bond donors (Lipinski definition) is 1. The molecule has 1 aromatic heterocycles. The molecule has 138 valence electrons. The summed E-state index contributed by atoms with van der Waals surface area (Å²) < 4.78 is 10.7. The average Bonchev–Trinajstić information content (AvgIpc) is 2.69. The van der Waals surface area contributed by atoms with E-state index in [4.69, 9.17) is 9.47 Å². The SMILES string of the molecule is COc1ccc(OC)c([C@H](C(=O)O)N2CCN(c3ccncc3)CC2)c1. The Morgan fingerprint density at radius 1 is 1.08 bits per heavy atom. The predicted octanol–water partition coefficient (Wildman–Crippen LogP) is 2.05. The predicted molar refractivity (Wildman–Crippen MR) is 97.9 cm³/mol. The normalized spacial score (nSPS) is 16.2. The summed E-state index contributed by atoms with van der Waals surface area (Å²) in [5, 5.41) is 9.89. The third-order valence-corrected chi connectivity index (χ3v) is 4.67. The number of piperazine rings is 1. The molecule has 3 rings (SSSR count). The molecule has 0 aliphatic carbocycles. The Kier molecular flexibility index (Phi) is 5.58. The van der Waals surface area contributed by atoms with Gasteiger partial charge in [-0.05, 0) is 30.3 Å². The van der Waals surface area contributed by atoms with Crippen molar-refractivity contribution in [3.8, 4) is 11.5 Å². The molecular formula is C19H23N3O4. The Hall–Kier alpha value is -2.80. The van der Waals surface area contributed by atoms with E-state index in [1.54, 1.807) is 44.8 Å². The van der Waals surface area contributed by atoms with E-state index < -0.39 is 12.0 Å². The number of aromatic nitrogens is 1. The first kappa shape index (κ1) is 18.0. The van der Waals surface area contributed by atoms with E-state index in [0.717, 1.165) is 18.8 Å². The van der Waals surface area contributed by atoms with Gasteiger partial charge >= 0.3 is 5.97 Å². The molecule has 1 aromatic carbocycles. The Morgan fingerprint density at radius 3 is 2.35 bits per heavy atom. The van der Waals surface area contributed by atoms with Crippen molar-refractivity contribution in [2.24, 2.45) is 0 Å². The van der Waals surface area contributed by atoms with Gasteiger partial charge in [-0.25, -0.2) is 0 Å². The maximum Gasteiger partial charge on any atom is 0.325 e. The van der Waals surface area contributed by atoms with Crippen molar-refractivity contribution >= 4 is 11.7 Å². The number of ether oxygens (including phenoxy) is 2. The topological polar surface area (TPSA) is 75.1 Å². The van der Waals surface area contributed by atoms with E-state index in [-0.39, 0.29) is 0 Å². The molecule has 1 aliphatic rings. The van der Waals surface area contributed by atoms with E-state index in [2.05, 4.69) is 9.88 Å². The van der Waals surface area contributed by atoms with Gasteiger partial charge < -0.3 is 19.5 Å². The quantitative estimate of drug-likeness (QED) is 0.848. The zero-order chi connectivity index (χ0) is 18.5. The molecule has 0 amide bonds. The van der Waals surface area contributed by atoms with Gasteiger partial charge in [0.15, 0.2) is 0 Å². The monoisotopic (exact) mass is 357 g/mol. The van der Waals surface area contributed by atoms with Crippen LogP contribution in [0.3, 0.4) is 0 Å². The van der Waals surface area contributed by atoms with Gasteiger partial charge in [0.05, 0.1) is 14.2 Å². The molecule has 0 bridgehead atoms. The lowest BCUT2D eigenvalue weighted by molar-refractivity contribution is -0.143. The van der Waals surface area contributed by atoms with E-state index in [0.29, 0.717) is 30.2 Å². The summed E-state index contributed by atoms with van der Waals surface area (Å²) in [5.41, 5.74) is 1.71. The third kappa shape index (κ3) is 3.72. The van der Waals surface area contributed by atoms with Gasteiger partial charge in [0.1, 0.15) is 17.5 Å². The minimum absolute atomic E-state index is 0.551. The molecule has 0 saturated carbocycles. The number of benzene rings is 1. The van der Waals surface area contributed by atoms with Crippen LogP contribution in [-0.2, 0) is 4.79 Å². The summed E-state index contributed by atoms with van der Waals surface area (Å²) >= 11 is 0. The van der Waals surface area contributed by atoms with Gasteiger partial charge in [0, 0.05) is 49.8 Å². The fourth-order valence-electron chi connectivity index (χ4n) is 3.33. The van der Waals surface area contributed by atoms with Crippen LogP contribution in [0.15, 0.2) is 42.7 Å². The second-order valence-corrected chi connectivity index (χ2v) is 6.08. The molecule has 0 spiro atoms. The van der Waals surface area contributed by atoms with Crippen molar-refractivity contribution < 1.29 is 19.4 Å². The van der Waals surface area contributed by atoms with E-state index >= 15 is 0 Å². The first-order valence-corrected chi connectivity index (χ1v) is 8.47. The lowest BCUT2D eigenvalue weighted by atomic mass is 10.0. The lowest BCUT2D eigenvalue weighted by Gasteiger charge is -2.39. The van der Waals surface area contributed by atoms with Crippen molar-refractivity contribution in [2.75, 3.05) is 45.3 Å². The number of nitrogens with zero attached hydrogens (tertiary/aromatic N) is 3. The van der Waals surface area contributed by atoms with Crippen molar-refractivity contribution in [1.29, 1.82) is 0 Å². The highest BCUT2D eigenvalue weighted by molar-refractivity contribution is 5.77. The minimum atomic E-state index is -0.895. The Balaban J connectivity index is 1.81. The maximum atomic E-state index is 12.1. The number of carboxylic acid groups (broad SMARTS) is 1. The van der Waals surface area contributed by atoms with Crippen LogP contribution < -0.4 is 14.4 Å². The molecule has 1 fully saturated rings. The smallest absolute Gasteiger partial charge is 0.325 e. The molecule has 2 heterocycles. The van der Waals surface area contributed by atoms with E-state index in [9.17, 15) is 9.90 Å². The molecule has 1 aliphatic heterocycles. The zero-order valence-corrected chi connectivity index (χ0v) is 15.0. The van der Waals surface area contributed by atoms with Crippen molar-refractivity contribution in [3.05, 3.63) is 48.3 Å². The zero-order valence-electron chi connectivity index (χ0n) is 15.0. The molecule has 7 heteroatoms. The standard InChI is InChI=1S/C19H23N3O4/c1-25-15-3-4-17(26-2)16(13-15)18(19(23)24)22-11-9-21(10-12-22)14-5-7-20-8-6-14/h3-8,13,18H,9-12H2,1-2H3,(H,23,24)/t18-/m1/s1. The van der Waals surface area contributed by atoms with Gasteiger partial charge in [-0.1, -0.05) is 0 Å². The number of aliphatic carboxylic acids is 1. The first-order chi connectivity index (χ1) is 12.6. The van der Waals surface area contributed by atoms with Crippen LogP contribution >= 0.6 is 0 Å². The van der Waals surface area contributed by atoms with Crippen LogP contribution in [-0.4, -0.2) is 61.4 Å². The number of rotatable bonds is 6. The third-order valence-electron chi connectivity index (χ3n) is 4.67. The lowest BCUT2D eigenvalue weighted by Crippen LogP contribution is -2.49.